The van der Waals surface area contributed by atoms with E-state index >= 15 is 0 Å². The quantitative estimate of drug-likeness (QED) is 0.538. The summed E-state index contributed by atoms with van der Waals surface area (Å²) in [7, 11) is 0. The van der Waals surface area contributed by atoms with Crippen molar-refractivity contribution in [3.8, 4) is 22.6 Å². The summed E-state index contributed by atoms with van der Waals surface area (Å²) >= 11 is 0. The van der Waals surface area contributed by atoms with Gasteiger partial charge in [-0.05, 0) is 49.3 Å². The second kappa shape index (κ2) is 8.44. The van der Waals surface area contributed by atoms with Gasteiger partial charge in [0.2, 0.25) is 0 Å². The molecule has 5 heteroatoms. The number of hydrogen-bond donors (Lipinski definition) is 2. The number of carbonyl (C=O) groups is 2. The lowest BCUT2D eigenvalue weighted by molar-refractivity contribution is -0.133. The lowest BCUT2D eigenvalue weighted by atomic mass is 10.1. The monoisotopic (exact) mass is 388 g/mol. The van der Waals surface area contributed by atoms with E-state index < -0.39 is 11.9 Å². The first-order valence-electron chi connectivity index (χ1n) is 8.97. The zero-order chi connectivity index (χ0) is 21.0. The maximum Gasteiger partial charge on any atom is 0.331 e. The van der Waals surface area contributed by atoms with Crippen LogP contribution in [0.5, 0.6) is 0 Å². The fourth-order valence-corrected chi connectivity index (χ4v) is 2.76. The summed E-state index contributed by atoms with van der Waals surface area (Å²) in [5.74, 6) is -0.471. The van der Waals surface area contributed by atoms with Gasteiger partial charge in [0.05, 0.1) is 0 Å². The van der Waals surface area contributed by atoms with Gasteiger partial charge in [0, 0.05) is 22.3 Å². The minimum atomic E-state index is -0.940. The van der Waals surface area contributed by atoms with E-state index in [4.69, 9.17) is 14.6 Å². The van der Waals surface area contributed by atoms with Gasteiger partial charge in [-0.3, -0.25) is 0 Å². The molecule has 5 nitrogen and oxygen atoms in total. The van der Waals surface area contributed by atoms with Gasteiger partial charge in [-0.1, -0.05) is 48.5 Å². The highest BCUT2D eigenvalue weighted by atomic mass is 16.4. The van der Waals surface area contributed by atoms with Crippen molar-refractivity contribution in [2.24, 2.45) is 0 Å². The van der Waals surface area contributed by atoms with E-state index in [1.807, 2.05) is 60.7 Å². The molecule has 0 aliphatic rings. The van der Waals surface area contributed by atoms with Crippen LogP contribution in [0.4, 0.5) is 0 Å². The standard InChI is InChI=1S/C24H20O5/c1-15(23(25)26)13-17-3-7-19(8-4-17)21-11-12-22(29-21)20-9-5-18(6-10-20)14-16(2)24(27)28/h3-14H,1-2H3,(H,25,26)(H,27,28)/b15-13+,16-14+. The second-order valence-corrected chi connectivity index (χ2v) is 6.67. The van der Waals surface area contributed by atoms with Crippen LogP contribution in [-0.2, 0) is 9.59 Å². The van der Waals surface area contributed by atoms with Crippen molar-refractivity contribution in [1.29, 1.82) is 0 Å². The maximum absolute atomic E-state index is 10.9. The molecule has 0 atom stereocenters. The van der Waals surface area contributed by atoms with Gasteiger partial charge in [-0.25, -0.2) is 9.59 Å². The molecule has 0 bridgehead atoms. The van der Waals surface area contributed by atoms with Crippen LogP contribution in [0.3, 0.4) is 0 Å². The highest BCUT2D eigenvalue weighted by molar-refractivity contribution is 5.92. The molecule has 146 valence electrons. The van der Waals surface area contributed by atoms with Gasteiger partial charge < -0.3 is 14.6 Å². The van der Waals surface area contributed by atoms with Crippen LogP contribution in [0.1, 0.15) is 25.0 Å². The largest absolute Gasteiger partial charge is 0.478 e. The van der Waals surface area contributed by atoms with Crippen LogP contribution in [-0.4, -0.2) is 22.2 Å². The van der Waals surface area contributed by atoms with Crippen molar-refractivity contribution in [2.45, 2.75) is 13.8 Å². The van der Waals surface area contributed by atoms with Crippen molar-refractivity contribution in [3.05, 3.63) is 82.9 Å². The zero-order valence-electron chi connectivity index (χ0n) is 16.0. The van der Waals surface area contributed by atoms with Crippen molar-refractivity contribution in [2.75, 3.05) is 0 Å². The van der Waals surface area contributed by atoms with E-state index in [1.165, 1.54) is 0 Å². The Balaban J connectivity index is 1.79. The van der Waals surface area contributed by atoms with E-state index in [0.29, 0.717) is 11.5 Å². The third-order valence-electron chi connectivity index (χ3n) is 4.44. The first kappa shape index (κ1) is 19.9. The molecule has 0 aliphatic heterocycles. The minimum Gasteiger partial charge on any atom is -0.478 e. The van der Waals surface area contributed by atoms with Crippen molar-refractivity contribution >= 4 is 24.1 Å². The third kappa shape index (κ3) is 4.90. The summed E-state index contributed by atoms with van der Waals surface area (Å²) in [6.45, 7) is 3.11. The molecule has 0 radical (unpaired) electrons. The molecule has 3 rings (SSSR count). The molecule has 0 saturated heterocycles. The SMILES string of the molecule is C/C(=C\c1ccc(-c2ccc(-c3ccc(/C=C(\C)C(=O)O)cc3)o2)cc1)C(=O)O. The van der Waals surface area contributed by atoms with Crippen molar-refractivity contribution in [3.63, 3.8) is 0 Å². The Morgan fingerprint density at radius 1 is 0.655 bits per heavy atom. The van der Waals surface area contributed by atoms with Crippen molar-refractivity contribution < 1.29 is 24.2 Å². The van der Waals surface area contributed by atoms with E-state index in [2.05, 4.69) is 0 Å². The Bertz CT molecular complexity index is 1010. The topological polar surface area (TPSA) is 87.7 Å². The number of hydrogen-bond acceptors (Lipinski definition) is 3. The lowest BCUT2D eigenvalue weighted by Crippen LogP contribution is -1.95. The molecule has 1 heterocycles. The molecular formula is C24H20O5. The van der Waals surface area contributed by atoms with Gasteiger partial charge in [0.15, 0.2) is 0 Å². The molecule has 3 aromatic rings. The normalized spacial score (nSPS) is 12.1. The molecule has 2 aromatic carbocycles. The summed E-state index contributed by atoms with van der Waals surface area (Å²) in [6.07, 6.45) is 3.23. The second-order valence-electron chi connectivity index (χ2n) is 6.67. The van der Waals surface area contributed by atoms with Crippen LogP contribution in [0.15, 0.2) is 76.2 Å². The van der Waals surface area contributed by atoms with Gasteiger partial charge >= 0.3 is 11.9 Å². The van der Waals surface area contributed by atoms with E-state index in [1.54, 1.807) is 26.0 Å². The predicted octanol–water partition coefficient (Wildman–Crippen LogP) is 5.59. The Labute approximate surface area is 168 Å². The number of carboxylic acid groups (broad SMARTS) is 2. The molecule has 0 fully saturated rings. The summed E-state index contributed by atoms with van der Waals surface area (Å²) in [5, 5.41) is 17.9. The van der Waals surface area contributed by atoms with E-state index in [-0.39, 0.29) is 11.1 Å². The van der Waals surface area contributed by atoms with Crippen LogP contribution in [0, 0.1) is 0 Å². The number of aliphatic carboxylic acids is 2. The summed E-state index contributed by atoms with van der Waals surface area (Å²) < 4.78 is 5.96. The highest BCUT2D eigenvalue weighted by Gasteiger charge is 2.08. The number of carboxylic acids is 2. The Hall–Kier alpha value is -3.86. The Morgan fingerprint density at radius 2 is 1.00 bits per heavy atom. The Morgan fingerprint density at radius 3 is 1.31 bits per heavy atom. The molecule has 1 aromatic heterocycles. The van der Waals surface area contributed by atoms with Gasteiger partial charge in [0.1, 0.15) is 11.5 Å². The molecule has 2 N–H and O–H groups in total. The average Bonchev–Trinajstić information content (AvgIpc) is 3.19. The summed E-state index contributed by atoms with van der Waals surface area (Å²) in [5.41, 5.74) is 3.93. The fourth-order valence-electron chi connectivity index (χ4n) is 2.76. The molecule has 0 amide bonds. The zero-order valence-corrected chi connectivity index (χ0v) is 16.0. The molecule has 0 aliphatic carbocycles. The van der Waals surface area contributed by atoms with E-state index in [0.717, 1.165) is 22.3 Å². The first-order valence-corrected chi connectivity index (χ1v) is 8.97. The average molecular weight is 388 g/mol. The molecule has 0 unspecified atom stereocenters. The fraction of sp³-hybridized carbons (Fsp3) is 0.0833. The smallest absolute Gasteiger partial charge is 0.331 e. The summed E-state index contributed by atoms with van der Waals surface area (Å²) in [6, 6.07) is 18.7. The first-order chi connectivity index (χ1) is 13.8. The van der Waals surface area contributed by atoms with Crippen LogP contribution in [0.25, 0.3) is 34.8 Å². The van der Waals surface area contributed by atoms with Crippen LogP contribution >= 0.6 is 0 Å². The molecule has 0 saturated carbocycles. The minimum absolute atomic E-state index is 0.273. The van der Waals surface area contributed by atoms with Crippen LogP contribution in [0.2, 0.25) is 0 Å². The van der Waals surface area contributed by atoms with Gasteiger partial charge in [0.25, 0.3) is 0 Å². The van der Waals surface area contributed by atoms with Gasteiger partial charge in [-0.2, -0.15) is 0 Å². The number of rotatable bonds is 6. The molecular weight excluding hydrogens is 368 g/mol. The lowest BCUT2D eigenvalue weighted by Gasteiger charge is -2.01. The highest BCUT2D eigenvalue weighted by Crippen LogP contribution is 2.29. The van der Waals surface area contributed by atoms with E-state index in [9.17, 15) is 9.59 Å². The van der Waals surface area contributed by atoms with Crippen LogP contribution < -0.4 is 0 Å². The third-order valence-corrected chi connectivity index (χ3v) is 4.44. The number of benzene rings is 2. The molecule has 0 spiro atoms. The molecule has 29 heavy (non-hydrogen) atoms. The predicted molar refractivity (Wildman–Crippen MR) is 112 cm³/mol. The summed E-state index contributed by atoms with van der Waals surface area (Å²) in [4.78, 5) is 21.8. The maximum atomic E-state index is 10.9. The van der Waals surface area contributed by atoms with Gasteiger partial charge in [-0.15, -0.1) is 0 Å². The van der Waals surface area contributed by atoms with Crippen molar-refractivity contribution in [1.82, 2.24) is 0 Å². The number of furan rings is 1. The Kier molecular flexibility index (Phi) is 5.79.